The number of rotatable bonds is 6. The van der Waals surface area contributed by atoms with Gasteiger partial charge in [-0.25, -0.2) is 13.6 Å². The standard InChI is InChI=1S/C8H7F7O2/c1-4(9)6(16)17-3-8(14,15)7(12,13)2-5(10)11/h5H,1-3H2. The molecular formula is C8H7F7O2. The lowest BCUT2D eigenvalue weighted by molar-refractivity contribution is -0.242. The van der Waals surface area contributed by atoms with Crippen LogP contribution in [0.5, 0.6) is 0 Å². The minimum Gasteiger partial charge on any atom is -0.454 e. The van der Waals surface area contributed by atoms with Gasteiger partial charge in [-0.3, -0.25) is 0 Å². The molecule has 100 valence electrons. The molecule has 0 spiro atoms. The molecule has 0 aromatic rings. The lowest BCUT2D eigenvalue weighted by atomic mass is 10.1. The number of hydrogen-bond acceptors (Lipinski definition) is 2. The third-order valence-corrected chi connectivity index (χ3v) is 1.55. The summed E-state index contributed by atoms with van der Waals surface area (Å²) in [5.74, 6) is -13.8. The molecule has 0 bridgehead atoms. The van der Waals surface area contributed by atoms with E-state index in [1.165, 1.54) is 0 Å². The van der Waals surface area contributed by atoms with Crippen LogP contribution in [0.1, 0.15) is 6.42 Å². The highest BCUT2D eigenvalue weighted by molar-refractivity contribution is 5.85. The normalized spacial score (nSPS) is 12.7. The second kappa shape index (κ2) is 5.37. The molecule has 0 saturated carbocycles. The number of halogens is 7. The third-order valence-electron chi connectivity index (χ3n) is 1.55. The Morgan fingerprint density at radius 2 is 1.65 bits per heavy atom. The predicted octanol–water partition coefficient (Wildman–Crippen LogP) is 2.94. The molecule has 0 aliphatic rings. The second-order valence-electron chi connectivity index (χ2n) is 2.99. The van der Waals surface area contributed by atoms with Crippen molar-refractivity contribution in [3.05, 3.63) is 12.4 Å². The maximum Gasteiger partial charge on any atom is 0.366 e. The first-order chi connectivity index (χ1) is 7.49. The van der Waals surface area contributed by atoms with Gasteiger partial charge in [-0.15, -0.1) is 0 Å². The van der Waals surface area contributed by atoms with E-state index in [1.54, 1.807) is 0 Å². The van der Waals surface area contributed by atoms with Crippen molar-refractivity contribution in [1.82, 2.24) is 0 Å². The van der Waals surface area contributed by atoms with Gasteiger partial charge in [-0.05, 0) is 0 Å². The first-order valence-electron chi connectivity index (χ1n) is 4.05. The maximum absolute atomic E-state index is 12.7. The van der Waals surface area contributed by atoms with E-state index in [0.29, 0.717) is 0 Å². The molecule has 0 unspecified atom stereocenters. The van der Waals surface area contributed by atoms with Crippen LogP contribution in [0.2, 0.25) is 0 Å². The third kappa shape index (κ3) is 4.61. The maximum atomic E-state index is 12.7. The summed E-state index contributed by atoms with van der Waals surface area (Å²) in [7, 11) is 0. The minimum atomic E-state index is -5.07. The van der Waals surface area contributed by atoms with Crippen molar-refractivity contribution >= 4 is 5.97 Å². The second-order valence-corrected chi connectivity index (χ2v) is 2.99. The first kappa shape index (κ1) is 15.7. The summed E-state index contributed by atoms with van der Waals surface area (Å²) in [6.07, 6.45) is -6.06. The highest BCUT2D eigenvalue weighted by atomic mass is 19.3. The number of ether oxygens (including phenoxy) is 1. The van der Waals surface area contributed by atoms with Crippen LogP contribution in [0.25, 0.3) is 0 Å². The Bertz CT molecular complexity index is 300. The van der Waals surface area contributed by atoms with Gasteiger partial charge in [-0.1, -0.05) is 6.58 Å². The van der Waals surface area contributed by atoms with Crippen LogP contribution in [-0.4, -0.2) is 30.8 Å². The van der Waals surface area contributed by atoms with Gasteiger partial charge in [0.25, 0.3) is 0 Å². The molecular weight excluding hydrogens is 261 g/mol. The quantitative estimate of drug-likeness (QED) is 0.420. The Labute approximate surface area is 91.0 Å². The zero-order chi connectivity index (χ0) is 13.9. The minimum absolute atomic E-state index is 1.77. The summed E-state index contributed by atoms with van der Waals surface area (Å²) in [6.45, 7) is 0.159. The number of carbonyl (C=O) groups is 1. The van der Waals surface area contributed by atoms with Gasteiger partial charge in [0.15, 0.2) is 6.61 Å². The fraction of sp³-hybridized carbons (Fsp3) is 0.625. The molecule has 9 heteroatoms. The fourth-order valence-electron chi connectivity index (χ4n) is 0.683. The average Bonchev–Trinajstić information content (AvgIpc) is 2.11. The van der Waals surface area contributed by atoms with Crippen molar-refractivity contribution in [3.63, 3.8) is 0 Å². The van der Waals surface area contributed by atoms with Gasteiger partial charge in [0.2, 0.25) is 12.3 Å². The summed E-state index contributed by atoms with van der Waals surface area (Å²) in [4.78, 5) is 10.3. The fourth-order valence-corrected chi connectivity index (χ4v) is 0.683. The zero-order valence-corrected chi connectivity index (χ0v) is 8.16. The SMILES string of the molecule is C=C(F)C(=O)OCC(F)(F)C(F)(F)CC(F)F. The predicted molar refractivity (Wildman–Crippen MR) is 41.7 cm³/mol. The summed E-state index contributed by atoms with van der Waals surface area (Å²) < 4.78 is 89.1. The molecule has 0 aliphatic carbocycles. The summed E-state index contributed by atoms with van der Waals surface area (Å²) in [5, 5.41) is 0. The monoisotopic (exact) mass is 268 g/mol. The Hall–Kier alpha value is -1.28. The molecule has 0 aromatic heterocycles. The van der Waals surface area contributed by atoms with Crippen molar-refractivity contribution in [3.8, 4) is 0 Å². The molecule has 0 rings (SSSR count). The van der Waals surface area contributed by atoms with Crippen LogP contribution in [-0.2, 0) is 9.53 Å². The van der Waals surface area contributed by atoms with Crippen LogP contribution in [0, 0.1) is 0 Å². The van der Waals surface area contributed by atoms with E-state index in [9.17, 15) is 35.5 Å². The molecule has 0 aliphatic heterocycles. The van der Waals surface area contributed by atoms with Gasteiger partial charge >= 0.3 is 17.8 Å². The molecule has 0 N–H and O–H groups in total. The molecule has 0 saturated heterocycles. The number of hydrogen-bond donors (Lipinski definition) is 0. The van der Waals surface area contributed by atoms with Crippen LogP contribution in [0.4, 0.5) is 30.7 Å². The largest absolute Gasteiger partial charge is 0.454 e. The van der Waals surface area contributed by atoms with E-state index in [4.69, 9.17) is 0 Å². The lowest BCUT2D eigenvalue weighted by Gasteiger charge is -2.25. The van der Waals surface area contributed by atoms with E-state index in [1.807, 2.05) is 0 Å². The van der Waals surface area contributed by atoms with Crippen molar-refractivity contribution in [2.75, 3.05) is 6.61 Å². The van der Waals surface area contributed by atoms with E-state index in [2.05, 4.69) is 11.3 Å². The Morgan fingerprint density at radius 3 is 2.00 bits per heavy atom. The topological polar surface area (TPSA) is 26.3 Å². The van der Waals surface area contributed by atoms with Gasteiger partial charge in [-0.2, -0.15) is 22.0 Å². The van der Waals surface area contributed by atoms with Crippen LogP contribution in [0.15, 0.2) is 12.4 Å². The van der Waals surface area contributed by atoms with Crippen molar-refractivity contribution in [2.45, 2.75) is 24.7 Å². The van der Waals surface area contributed by atoms with Crippen LogP contribution < -0.4 is 0 Å². The highest BCUT2D eigenvalue weighted by Crippen LogP contribution is 2.38. The Morgan fingerprint density at radius 1 is 1.18 bits per heavy atom. The molecule has 0 amide bonds. The van der Waals surface area contributed by atoms with E-state index >= 15 is 0 Å². The number of esters is 1. The van der Waals surface area contributed by atoms with Crippen molar-refractivity contribution in [1.29, 1.82) is 0 Å². The molecule has 0 atom stereocenters. The number of carbonyl (C=O) groups excluding carboxylic acids is 1. The molecule has 0 radical (unpaired) electrons. The Kier molecular flexibility index (Phi) is 4.96. The lowest BCUT2D eigenvalue weighted by Crippen LogP contribution is -2.46. The van der Waals surface area contributed by atoms with Gasteiger partial charge < -0.3 is 4.74 Å². The van der Waals surface area contributed by atoms with Gasteiger partial charge in [0, 0.05) is 0 Å². The van der Waals surface area contributed by atoms with E-state index in [0.717, 1.165) is 0 Å². The molecule has 2 nitrogen and oxygen atoms in total. The smallest absolute Gasteiger partial charge is 0.366 e. The van der Waals surface area contributed by atoms with Crippen molar-refractivity contribution < 1.29 is 40.3 Å². The summed E-state index contributed by atoms with van der Waals surface area (Å²) >= 11 is 0. The molecule has 0 heterocycles. The molecule has 0 aromatic carbocycles. The first-order valence-corrected chi connectivity index (χ1v) is 4.05. The van der Waals surface area contributed by atoms with Gasteiger partial charge in [0.05, 0.1) is 6.42 Å². The Balaban J connectivity index is 4.55. The van der Waals surface area contributed by atoms with Crippen LogP contribution in [0.3, 0.4) is 0 Å². The van der Waals surface area contributed by atoms with E-state index < -0.39 is 43.1 Å². The molecule has 0 fully saturated rings. The summed E-state index contributed by atoms with van der Waals surface area (Å²) in [5.41, 5.74) is 0. The summed E-state index contributed by atoms with van der Waals surface area (Å²) in [6, 6.07) is 0. The zero-order valence-electron chi connectivity index (χ0n) is 8.16. The van der Waals surface area contributed by atoms with Crippen LogP contribution >= 0.6 is 0 Å². The van der Waals surface area contributed by atoms with E-state index in [-0.39, 0.29) is 0 Å². The average molecular weight is 268 g/mol. The van der Waals surface area contributed by atoms with Crippen molar-refractivity contribution in [2.24, 2.45) is 0 Å². The molecule has 17 heavy (non-hydrogen) atoms. The number of alkyl halides is 6. The highest BCUT2D eigenvalue weighted by Gasteiger charge is 2.58. The van der Waals surface area contributed by atoms with Gasteiger partial charge in [0.1, 0.15) is 0 Å².